The summed E-state index contributed by atoms with van der Waals surface area (Å²) in [6.07, 6.45) is 3.58. The maximum atomic E-state index is 13.8. The van der Waals surface area contributed by atoms with E-state index in [1.165, 1.54) is 17.4 Å². The number of carbonyl (C=O) groups excluding carboxylic acids is 1. The standard InChI is InChI=1S/C19H17FN4OS/c1-11-17(26-19(22-11)24-18(25)12-6-7-12)13-8-9-21-16(10-13)23-15-5-3-2-4-14(15)20/h2-5,8-10,12H,6-7H2,1H3,(H,21,23)(H,22,24,25). The first-order valence-electron chi connectivity index (χ1n) is 8.36. The number of nitrogens with one attached hydrogen (secondary N) is 2. The predicted molar refractivity (Wildman–Crippen MR) is 101 cm³/mol. The van der Waals surface area contributed by atoms with Crippen LogP contribution in [0.3, 0.4) is 0 Å². The molecular weight excluding hydrogens is 351 g/mol. The summed E-state index contributed by atoms with van der Waals surface area (Å²) >= 11 is 1.43. The lowest BCUT2D eigenvalue weighted by Crippen LogP contribution is -2.12. The molecule has 1 amide bonds. The third-order valence-corrected chi connectivity index (χ3v) is 5.26. The molecule has 3 aromatic rings. The Labute approximate surface area is 154 Å². The molecule has 7 heteroatoms. The van der Waals surface area contributed by atoms with E-state index in [1.54, 1.807) is 24.4 Å². The number of rotatable bonds is 5. The van der Waals surface area contributed by atoms with Crippen molar-refractivity contribution in [2.24, 2.45) is 5.92 Å². The number of thiazole rings is 1. The molecule has 1 aliphatic carbocycles. The zero-order valence-corrected chi connectivity index (χ0v) is 14.9. The Bertz CT molecular complexity index is 968. The van der Waals surface area contributed by atoms with Crippen LogP contribution in [0.25, 0.3) is 10.4 Å². The monoisotopic (exact) mass is 368 g/mol. The Kier molecular flexibility index (Phi) is 4.38. The van der Waals surface area contributed by atoms with Crippen molar-refractivity contribution in [2.75, 3.05) is 10.6 Å². The van der Waals surface area contributed by atoms with Crippen molar-refractivity contribution in [1.29, 1.82) is 0 Å². The highest BCUT2D eigenvalue weighted by molar-refractivity contribution is 7.19. The highest BCUT2D eigenvalue weighted by Crippen LogP contribution is 2.35. The Morgan fingerprint density at radius 1 is 1.27 bits per heavy atom. The number of hydrogen-bond donors (Lipinski definition) is 2. The molecule has 0 radical (unpaired) electrons. The second-order valence-corrected chi connectivity index (χ2v) is 7.23. The molecule has 2 heterocycles. The molecular formula is C19H17FN4OS. The van der Waals surface area contributed by atoms with Gasteiger partial charge in [-0.15, -0.1) is 0 Å². The largest absolute Gasteiger partial charge is 0.338 e. The zero-order chi connectivity index (χ0) is 18.1. The predicted octanol–water partition coefficient (Wildman–Crippen LogP) is 4.74. The van der Waals surface area contributed by atoms with E-state index in [2.05, 4.69) is 20.6 Å². The highest BCUT2D eigenvalue weighted by Gasteiger charge is 2.30. The third-order valence-electron chi connectivity index (χ3n) is 4.13. The lowest BCUT2D eigenvalue weighted by Gasteiger charge is -2.07. The van der Waals surface area contributed by atoms with Crippen molar-refractivity contribution >= 4 is 33.9 Å². The van der Waals surface area contributed by atoms with Crippen LogP contribution in [-0.4, -0.2) is 15.9 Å². The van der Waals surface area contributed by atoms with Gasteiger partial charge in [0.2, 0.25) is 5.91 Å². The summed E-state index contributed by atoms with van der Waals surface area (Å²) in [6, 6.07) is 10.2. The van der Waals surface area contributed by atoms with Gasteiger partial charge in [-0.25, -0.2) is 14.4 Å². The second-order valence-electron chi connectivity index (χ2n) is 6.23. The van der Waals surface area contributed by atoms with Gasteiger partial charge in [-0.1, -0.05) is 23.5 Å². The Balaban J connectivity index is 1.57. The van der Waals surface area contributed by atoms with E-state index < -0.39 is 0 Å². The average molecular weight is 368 g/mol. The van der Waals surface area contributed by atoms with Gasteiger partial charge in [-0.05, 0) is 49.6 Å². The SMILES string of the molecule is Cc1nc(NC(=O)C2CC2)sc1-c1ccnc(Nc2ccccc2F)c1. The molecule has 4 rings (SSSR count). The summed E-state index contributed by atoms with van der Waals surface area (Å²) < 4.78 is 13.8. The summed E-state index contributed by atoms with van der Waals surface area (Å²) in [5, 5.41) is 6.48. The Hall–Kier alpha value is -2.80. The molecule has 0 bridgehead atoms. The second kappa shape index (κ2) is 6.84. The first-order chi connectivity index (χ1) is 12.6. The van der Waals surface area contributed by atoms with Crippen molar-refractivity contribution in [1.82, 2.24) is 9.97 Å². The molecule has 1 aromatic carbocycles. The van der Waals surface area contributed by atoms with Crippen LogP contribution in [0.1, 0.15) is 18.5 Å². The molecule has 1 fully saturated rings. The molecule has 26 heavy (non-hydrogen) atoms. The molecule has 1 saturated carbocycles. The quantitative estimate of drug-likeness (QED) is 0.682. The summed E-state index contributed by atoms with van der Waals surface area (Å²) in [7, 11) is 0. The number of aromatic nitrogens is 2. The summed E-state index contributed by atoms with van der Waals surface area (Å²) in [5.41, 5.74) is 2.13. The highest BCUT2D eigenvalue weighted by atomic mass is 32.1. The molecule has 0 saturated heterocycles. The summed E-state index contributed by atoms with van der Waals surface area (Å²) in [6.45, 7) is 1.91. The van der Waals surface area contributed by atoms with Gasteiger partial charge in [0.1, 0.15) is 11.6 Å². The number of pyridine rings is 1. The Morgan fingerprint density at radius 2 is 2.08 bits per heavy atom. The lowest BCUT2D eigenvalue weighted by atomic mass is 10.2. The van der Waals surface area contributed by atoms with Crippen LogP contribution in [-0.2, 0) is 4.79 Å². The van der Waals surface area contributed by atoms with E-state index in [4.69, 9.17) is 0 Å². The molecule has 0 aliphatic heterocycles. The molecule has 0 atom stereocenters. The molecule has 132 valence electrons. The average Bonchev–Trinajstić information content (AvgIpc) is 3.41. The van der Waals surface area contributed by atoms with Crippen LogP contribution in [0.4, 0.5) is 21.0 Å². The van der Waals surface area contributed by atoms with Crippen LogP contribution >= 0.6 is 11.3 Å². The summed E-state index contributed by atoms with van der Waals surface area (Å²) in [5.74, 6) is 0.393. The van der Waals surface area contributed by atoms with Crippen molar-refractivity contribution in [3.63, 3.8) is 0 Å². The third kappa shape index (κ3) is 3.57. The normalized spacial score (nSPS) is 13.5. The van der Waals surface area contributed by atoms with Crippen LogP contribution in [0, 0.1) is 18.7 Å². The number of nitrogens with zero attached hydrogens (tertiary/aromatic N) is 2. The number of hydrogen-bond acceptors (Lipinski definition) is 5. The van der Waals surface area contributed by atoms with E-state index in [1.807, 2.05) is 19.1 Å². The smallest absolute Gasteiger partial charge is 0.229 e. The molecule has 0 spiro atoms. The van der Waals surface area contributed by atoms with Gasteiger partial charge in [0.05, 0.1) is 16.3 Å². The first-order valence-corrected chi connectivity index (χ1v) is 9.18. The van der Waals surface area contributed by atoms with Crippen molar-refractivity contribution in [2.45, 2.75) is 19.8 Å². The minimum Gasteiger partial charge on any atom is -0.338 e. The number of anilines is 3. The zero-order valence-electron chi connectivity index (χ0n) is 14.1. The van der Waals surface area contributed by atoms with Gasteiger partial charge in [0.25, 0.3) is 0 Å². The molecule has 5 nitrogen and oxygen atoms in total. The number of benzene rings is 1. The Morgan fingerprint density at radius 3 is 2.85 bits per heavy atom. The summed E-state index contributed by atoms with van der Waals surface area (Å²) in [4.78, 5) is 21.6. The number of carbonyl (C=O) groups is 1. The van der Waals surface area contributed by atoms with E-state index >= 15 is 0 Å². The molecule has 2 N–H and O–H groups in total. The van der Waals surface area contributed by atoms with Crippen LogP contribution in [0.2, 0.25) is 0 Å². The molecule has 0 unspecified atom stereocenters. The first kappa shape index (κ1) is 16.7. The number of aryl methyl sites for hydroxylation is 1. The van der Waals surface area contributed by atoms with Gasteiger partial charge >= 0.3 is 0 Å². The number of halogens is 1. The fraction of sp³-hybridized carbons (Fsp3) is 0.211. The van der Waals surface area contributed by atoms with Crippen LogP contribution < -0.4 is 10.6 Å². The van der Waals surface area contributed by atoms with Crippen LogP contribution in [0.5, 0.6) is 0 Å². The minimum absolute atomic E-state index is 0.0435. The van der Waals surface area contributed by atoms with Crippen molar-refractivity contribution < 1.29 is 9.18 Å². The topological polar surface area (TPSA) is 66.9 Å². The van der Waals surface area contributed by atoms with E-state index in [0.29, 0.717) is 16.6 Å². The van der Waals surface area contributed by atoms with Gasteiger partial charge in [0.15, 0.2) is 5.13 Å². The number of amides is 1. The van der Waals surface area contributed by atoms with E-state index in [9.17, 15) is 9.18 Å². The van der Waals surface area contributed by atoms with E-state index in [-0.39, 0.29) is 17.6 Å². The van der Waals surface area contributed by atoms with Crippen molar-refractivity contribution in [3.8, 4) is 10.4 Å². The van der Waals surface area contributed by atoms with Gasteiger partial charge in [-0.3, -0.25) is 4.79 Å². The number of para-hydroxylation sites is 1. The van der Waals surface area contributed by atoms with Gasteiger partial charge < -0.3 is 10.6 Å². The molecule has 1 aliphatic rings. The minimum atomic E-state index is -0.334. The molecule has 2 aromatic heterocycles. The van der Waals surface area contributed by atoms with E-state index in [0.717, 1.165) is 29.0 Å². The van der Waals surface area contributed by atoms with Gasteiger partial charge in [0, 0.05) is 12.1 Å². The fourth-order valence-electron chi connectivity index (χ4n) is 2.61. The lowest BCUT2D eigenvalue weighted by molar-refractivity contribution is -0.117. The van der Waals surface area contributed by atoms with Crippen molar-refractivity contribution in [3.05, 3.63) is 54.1 Å². The fourth-order valence-corrected chi connectivity index (χ4v) is 3.58. The van der Waals surface area contributed by atoms with Gasteiger partial charge in [-0.2, -0.15) is 0 Å². The van der Waals surface area contributed by atoms with Crippen LogP contribution in [0.15, 0.2) is 42.6 Å². The maximum Gasteiger partial charge on any atom is 0.229 e. The maximum absolute atomic E-state index is 13.8.